The smallest absolute Gasteiger partial charge is 0.336 e. The number of sulfonamides is 1. The molecule has 0 aliphatic rings. The lowest BCUT2D eigenvalue weighted by molar-refractivity contribution is 0.0695. The quantitative estimate of drug-likeness (QED) is 0.848. The predicted octanol–water partition coefficient (Wildman–Crippen LogP) is 2.63. The standard InChI is InChI=1S/C14H12BrNO4S/c15-13-7-6-11(8-12(13)14(17)18)21(19,20)16-9-10-4-2-1-3-5-10/h1-8,16H,9H2,(H,17,18). The minimum absolute atomic E-state index is 0.0842. The van der Waals surface area contributed by atoms with Gasteiger partial charge in [0.25, 0.3) is 0 Å². The molecule has 0 heterocycles. The third-order valence-corrected chi connectivity index (χ3v) is 4.88. The summed E-state index contributed by atoms with van der Waals surface area (Å²) in [6.45, 7) is 0.141. The Morgan fingerprint density at radius 2 is 1.81 bits per heavy atom. The maximum Gasteiger partial charge on any atom is 0.336 e. The van der Waals surface area contributed by atoms with Gasteiger partial charge in [0.2, 0.25) is 10.0 Å². The second-order valence-corrected chi connectivity index (χ2v) is 6.88. The lowest BCUT2D eigenvalue weighted by Gasteiger charge is -2.08. The number of benzene rings is 2. The lowest BCUT2D eigenvalue weighted by Crippen LogP contribution is -2.23. The summed E-state index contributed by atoms with van der Waals surface area (Å²) in [7, 11) is -3.77. The summed E-state index contributed by atoms with van der Waals surface area (Å²) in [6, 6.07) is 12.9. The maximum atomic E-state index is 12.2. The van der Waals surface area contributed by atoms with E-state index in [0.717, 1.165) is 11.6 Å². The number of hydrogen-bond acceptors (Lipinski definition) is 3. The van der Waals surface area contributed by atoms with Crippen molar-refractivity contribution in [1.82, 2.24) is 4.72 Å². The second-order valence-electron chi connectivity index (χ2n) is 4.26. The van der Waals surface area contributed by atoms with E-state index in [2.05, 4.69) is 20.7 Å². The highest BCUT2D eigenvalue weighted by Crippen LogP contribution is 2.21. The molecule has 5 nitrogen and oxygen atoms in total. The van der Waals surface area contributed by atoms with Crippen LogP contribution in [0.2, 0.25) is 0 Å². The van der Waals surface area contributed by atoms with Gasteiger partial charge in [-0.25, -0.2) is 17.9 Å². The van der Waals surface area contributed by atoms with E-state index in [-0.39, 0.29) is 17.0 Å². The van der Waals surface area contributed by atoms with Crippen LogP contribution < -0.4 is 4.72 Å². The van der Waals surface area contributed by atoms with Gasteiger partial charge < -0.3 is 5.11 Å². The zero-order valence-corrected chi connectivity index (χ0v) is 13.2. The van der Waals surface area contributed by atoms with Gasteiger partial charge in [-0.2, -0.15) is 0 Å². The van der Waals surface area contributed by atoms with Crippen LogP contribution in [0.5, 0.6) is 0 Å². The lowest BCUT2D eigenvalue weighted by atomic mass is 10.2. The van der Waals surface area contributed by atoms with E-state index >= 15 is 0 Å². The Bertz CT molecular complexity index is 760. The van der Waals surface area contributed by atoms with Crippen molar-refractivity contribution in [1.29, 1.82) is 0 Å². The van der Waals surface area contributed by atoms with Crippen LogP contribution in [0.3, 0.4) is 0 Å². The largest absolute Gasteiger partial charge is 0.478 e. The van der Waals surface area contributed by atoms with Gasteiger partial charge in [-0.1, -0.05) is 30.3 Å². The molecular formula is C14H12BrNO4S. The van der Waals surface area contributed by atoms with Crippen molar-refractivity contribution in [2.24, 2.45) is 0 Å². The molecule has 0 amide bonds. The van der Waals surface area contributed by atoms with Crippen molar-refractivity contribution in [2.75, 3.05) is 0 Å². The Balaban J connectivity index is 2.24. The van der Waals surface area contributed by atoms with Gasteiger partial charge in [-0.3, -0.25) is 0 Å². The van der Waals surface area contributed by atoms with Crippen LogP contribution in [0.4, 0.5) is 0 Å². The van der Waals surface area contributed by atoms with Crippen LogP contribution in [0.25, 0.3) is 0 Å². The summed E-state index contributed by atoms with van der Waals surface area (Å²) in [5, 5.41) is 9.02. The van der Waals surface area contributed by atoms with Crippen LogP contribution in [0, 0.1) is 0 Å². The van der Waals surface area contributed by atoms with Crippen molar-refractivity contribution in [3.63, 3.8) is 0 Å². The van der Waals surface area contributed by atoms with Gasteiger partial charge in [0.1, 0.15) is 0 Å². The summed E-state index contributed by atoms with van der Waals surface area (Å²) >= 11 is 3.08. The number of aromatic carboxylic acids is 1. The first kappa shape index (κ1) is 15.7. The molecule has 7 heteroatoms. The molecule has 0 aliphatic heterocycles. The Labute approximate surface area is 130 Å². The second kappa shape index (κ2) is 6.38. The van der Waals surface area contributed by atoms with Crippen molar-refractivity contribution >= 4 is 31.9 Å². The highest BCUT2D eigenvalue weighted by Gasteiger charge is 2.17. The van der Waals surface area contributed by atoms with Gasteiger partial charge in [0.15, 0.2) is 0 Å². The minimum atomic E-state index is -3.77. The van der Waals surface area contributed by atoms with Crippen LogP contribution >= 0.6 is 15.9 Å². The summed E-state index contributed by atoms with van der Waals surface area (Å²) in [5.41, 5.74) is 0.717. The van der Waals surface area contributed by atoms with E-state index in [1.165, 1.54) is 12.1 Å². The van der Waals surface area contributed by atoms with Gasteiger partial charge in [-0.15, -0.1) is 0 Å². The SMILES string of the molecule is O=C(O)c1cc(S(=O)(=O)NCc2ccccc2)ccc1Br. The molecule has 0 aromatic heterocycles. The van der Waals surface area contributed by atoms with E-state index in [1.54, 1.807) is 12.1 Å². The number of rotatable bonds is 5. The van der Waals surface area contributed by atoms with E-state index < -0.39 is 16.0 Å². The molecule has 0 radical (unpaired) electrons. The molecule has 0 fully saturated rings. The maximum absolute atomic E-state index is 12.2. The monoisotopic (exact) mass is 369 g/mol. The number of carboxylic acids is 1. The number of nitrogens with one attached hydrogen (secondary N) is 1. The Morgan fingerprint density at radius 3 is 2.43 bits per heavy atom. The minimum Gasteiger partial charge on any atom is -0.478 e. The normalized spacial score (nSPS) is 11.3. The van der Waals surface area contributed by atoms with Crippen LogP contribution in [0.15, 0.2) is 57.9 Å². The first-order valence-electron chi connectivity index (χ1n) is 5.96. The Kier molecular flexibility index (Phi) is 4.76. The van der Waals surface area contributed by atoms with Crippen molar-refractivity contribution in [3.05, 3.63) is 64.1 Å². The van der Waals surface area contributed by atoms with Crippen molar-refractivity contribution in [3.8, 4) is 0 Å². The molecule has 2 aromatic carbocycles. The van der Waals surface area contributed by atoms with Crippen LogP contribution in [-0.2, 0) is 16.6 Å². The van der Waals surface area contributed by atoms with Gasteiger partial charge in [0.05, 0.1) is 10.5 Å². The van der Waals surface area contributed by atoms with Crippen LogP contribution in [-0.4, -0.2) is 19.5 Å². The number of carboxylic acid groups (broad SMARTS) is 1. The van der Waals surface area contributed by atoms with E-state index in [0.29, 0.717) is 4.47 Å². The fourth-order valence-corrected chi connectivity index (χ4v) is 3.15. The van der Waals surface area contributed by atoms with E-state index in [9.17, 15) is 13.2 Å². The highest BCUT2D eigenvalue weighted by molar-refractivity contribution is 9.10. The number of halogens is 1. The molecule has 2 aromatic rings. The van der Waals surface area contributed by atoms with Crippen molar-refractivity contribution in [2.45, 2.75) is 11.4 Å². The van der Waals surface area contributed by atoms with E-state index in [4.69, 9.17) is 5.11 Å². The summed E-state index contributed by atoms with van der Waals surface area (Å²) < 4.78 is 27.1. The zero-order chi connectivity index (χ0) is 15.5. The third-order valence-electron chi connectivity index (χ3n) is 2.79. The molecule has 0 unspecified atom stereocenters. The molecule has 110 valence electrons. The first-order chi connectivity index (χ1) is 9.90. The highest BCUT2D eigenvalue weighted by atomic mass is 79.9. The zero-order valence-electron chi connectivity index (χ0n) is 10.8. The van der Waals surface area contributed by atoms with Crippen LogP contribution in [0.1, 0.15) is 15.9 Å². The van der Waals surface area contributed by atoms with Crippen molar-refractivity contribution < 1.29 is 18.3 Å². The first-order valence-corrected chi connectivity index (χ1v) is 8.24. The molecule has 2 N–H and O–H groups in total. The van der Waals surface area contributed by atoms with Gasteiger partial charge in [0, 0.05) is 11.0 Å². The topological polar surface area (TPSA) is 83.5 Å². The fraction of sp³-hybridized carbons (Fsp3) is 0.0714. The Morgan fingerprint density at radius 1 is 1.14 bits per heavy atom. The molecule has 0 aliphatic carbocycles. The predicted molar refractivity (Wildman–Crippen MR) is 81.6 cm³/mol. The summed E-state index contributed by atoms with van der Waals surface area (Å²) in [4.78, 5) is 11.0. The molecule has 2 rings (SSSR count). The molecule has 0 saturated carbocycles. The van der Waals surface area contributed by atoms with E-state index in [1.807, 2.05) is 18.2 Å². The fourth-order valence-electron chi connectivity index (χ4n) is 1.69. The van der Waals surface area contributed by atoms with Gasteiger partial charge in [-0.05, 0) is 39.7 Å². The van der Waals surface area contributed by atoms with Gasteiger partial charge >= 0.3 is 5.97 Å². The third kappa shape index (κ3) is 3.90. The molecule has 21 heavy (non-hydrogen) atoms. The molecule has 0 bridgehead atoms. The molecule has 0 atom stereocenters. The average Bonchev–Trinajstić information content (AvgIpc) is 2.46. The average molecular weight is 370 g/mol. The molecule has 0 spiro atoms. The molecular weight excluding hydrogens is 358 g/mol. The summed E-state index contributed by atoms with van der Waals surface area (Å²) in [6.07, 6.45) is 0. The number of hydrogen-bond donors (Lipinski definition) is 2. The Hall–Kier alpha value is -1.70. The summed E-state index contributed by atoms with van der Waals surface area (Å²) in [5.74, 6) is -1.19. The molecule has 0 saturated heterocycles. The number of carbonyl (C=O) groups is 1.